The summed E-state index contributed by atoms with van der Waals surface area (Å²) in [5.74, 6) is 1.30. The number of anilines is 1. The van der Waals surface area contributed by atoms with E-state index in [1.54, 1.807) is 14.2 Å². The first-order valence-electron chi connectivity index (χ1n) is 11.4. The fourth-order valence-electron chi connectivity index (χ4n) is 4.50. The molecule has 1 amide bonds. The van der Waals surface area contributed by atoms with E-state index < -0.39 is 0 Å². The van der Waals surface area contributed by atoms with Crippen molar-refractivity contribution in [1.29, 1.82) is 0 Å². The van der Waals surface area contributed by atoms with Gasteiger partial charge in [-0.1, -0.05) is 36.4 Å². The van der Waals surface area contributed by atoms with Gasteiger partial charge in [0.1, 0.15) is 0 Å². The summed E-state index contributed by atoms with van der Waals surface area (Å²) in [7, 11) is 3.22. The highest BCUT2D eigenvalue weighted by molar-refractivity contribution is 6.07. The largest absolute Gasteiger partial charge is 0.493 e. The first-order valence-corrected chi connectivity index (χ1v) is 11.4. The highest BCUT2D eigenvalue weighted by atomic mass is 16.5. The minimum Gasteiger partial charge on any atom is -0.493 e. The molecule has 6 nitrogen and oxygen atoms in total. The van der Waals surface area contributed by atoms with E-state index in [1.807, 2.05) is 71.6 Å². The Morgan fingerprint density at radius 2 is 1.71 bits per heavy atom. The number of carbonyl (C=O) groups excluding carboxylic acids is 1. The van der Waals surface area contributed by atoms with Crippen LogP contribution >= 0.6 is 0 Å². The molecule has 1 aromatic heterocycles. The summed E-state index contributed by atoms with van der Waals surface area (Å²) >= 11 is 0. The average Bonchev–Trinajstić information content (AvgIpc) is 3.36. The molecule has 0 saturated carbocycles. The number of fused-ring (bicyclic) bond motifs is 1. The van der Waals surface area contributed by atoms with Gasteiger partial charge in [0.15, 0.2) is 11.5 Å². The number of nitrogens with zero attached hydrogens (tertiary/aromatic N) is 2. The fourth-order valence-corrected chi connectivity index (χ4v) is 4.50. The van der Waals surface area contributed by atoms with Gasteiger partial charge in [-0.15, -0.1) is 0 Å². The minimum atomic E-state index is 0.0256. The molecule has 0 aliphatic carbocycles. The summed E-state index contributed by atoms with van der Waals surface area (Å²) in [5, 5.41) is 4.40. The van der Waals surface area contributed by atoms with Crippen LogP contribution in [0, 0.1) is 0 Å². The number of amides is 1. The third-order valence-corrected chi connectivity index (χ3v) is 6.25. The number of methoxy groups -OCH3 is 2. The molecule has 1 fully saturated rings. The van der Waals surface area contributed by atoms with Gasteiger partial charge in [-0.2, -0.15) is 0 Å². The zero-order valence-corrected chi connectivity index (χ0v) is 19.3. The van der Waals surface area contributed by atoms with Gasteiger partial charge in [-0.3, -0.25) is 4.79 Å². The van der Waals surface area contributed by atoms with Gasteiger partial charge in [0.05, 0.1) is 31.0 Å². The van der Waals surface area contributed by atoms with Crippen molar-refractivity contribution in [3.63, 3.8) is 0 Å². The molecule has 3 aromatic carbocycles. The topological polar surface area (TPSA) is 63.7 Å². The fraction of sp³-hybridized carbons (Fsp3) is 0.214. The van der Waals surface area contributed by atoms with E-state index in [4.69, 9.17) is 14.5 Å². The molecule has 5 rings (SSSR count). The van der Waals surface area contributed by atoms with Crippen molar-refractivity contribution >= 4 is 22.5 Å². The Morgan fingerprint density at radius 3 is 2.50 bits per heavy atom. The number of aromatic nitrogens is 1. The Labute approximate surface area is 199 Å². The zero-order valence-electron chi connectivity index (χ0n) is 19.3. The van der Waals surface area contributed by atoms with E-state index in [0.717, 1.165) is 34.3 Å². The number of ether oxygens (including phenoxy) is 2. The number of nitrogens with one attached hydrogen (secondary N) is 1. The second-order valence-electron chi connectivity index (χ2n) is 8.39. The summed E-state index contributed by atoms with van der Waals surface area (Å²) in [6.45, 7) is 1.38. The van der Waals surface area contributed by atoms with Crippen LogP contribution < -0.4 is 14.8 Å². The van der Waals surface area contributed by atoms with Crippen LogP contribution in [0.3, 0.4) is 0 Å². The van der Waals surface area contributed by atoms with Crippen molar-refractivity contribution in [2.45, 2.75) is 12.5 Å². The van der Waals surface area contributed by atoms with Crippen LogP contribution in [0.25, 0.3) is 22.2 Å². The Balaban J connectivity index is 1.47. The van der Waals surface area contributed by atoms with Crippen LogP contribution in [-0.2, 0) is 0 Å². The maximum absolute atomic E-state index is 13.7. The molecule has 34 heavy (non-hydrogen) atoms. The molecular weight excluding hydrogens is 426 g/mol. The van der Waals surface area contributed by atoms with Gasteiger partial charge in [0.2, 0.25) is 0 Å². The number of hydrogen-bond donors (Lipinski definition) is 1. The van der Waals surface area contributed by atoms with Gasteiger partial charge < -0.3 is 19.7 Å². The quantitative estimate of drug-likeness (QED) is 0.432. The first kappa shape index (κ1) is 21.8. The highest BCUT2D eigenvalue weighted by Gasteiger charge is 2.28. The van der Waals surface area contributed by atoms with Crippen molar-refractivity contribution in [3.05, 3.63) is 84.4 Å². The van der Waals surface area contributed by atoms with E-state index in [1.165, 1.54) is 0 Å². The smallest absolute Gasteiger partial charge is 0.254 e. The van der Waals surface area contributed by atoms with Gasteiger partial charge in [0.25, 0.3) is 5.91 Å². The summed E-state index contributed by atoms with van der Waals surface area (Å²) < 4.78 is 10.8. The van der Waals surface area contributed by atoms with Crippen LogP contribution in [0.15, 0.2) is 78.9 Å². The molecule has 0 bridgehead atoms. The Morgan fingerprint density at radius 1 is 0.941 bits per heavy atom. The van der Waals surface area contributed by atoms with Crippen molar-refractivity contribution in [2.24, 2.45) is 0 Å². The number of hydrogen-bond acceptors (Lipinski definition) is 5. The van der Waals surface area contributed by atoms with E-state index in [9.17, 15) is 4.79 Å². The lowest BCUT2D eigenvalue weighted by atomic mass is 10.0. The number of rotatable bonds is 6. The van der Waals surface area contributed by atoms with Crippen LogP contribution in [0.2, 0.25) is 0 Å². The zero-order chi connectivity index (χ0) is 23.5. The van der Waals surface area contributed by atoms with Crippen LogP contribution in [0.1, 0.15) is 16.8 Å². The second kappa shape index (κ2) is 9.43. The number of carbonyl (C=O) groups is 1. The van der Waals surface area contributed by atoms with Gasteiger partial charge >= 0.3 is 0 Å². The SMILES string of the molecule is COc1ccc(-c2cc(C(=O)N3CCC(Nc4ccccc4)C3)c3ccccc3n2)cc1OC. The van der Waals surface area contributed by atoms with E-state index in [-0.39, 0.29) is 11.9 Å². The van der Waals surface area contributed by atoms with Gasteiger partial charge in [-0.05, 0) is 48.9 Å². The third kappa shape index (κ3) is 4.27. The molecule has 6 heteroatoms. The molecular formula is C28H27N3O3. The van der Waals surface area contributed by atoms with Crippen molar-refractivity contribution in [1.82, 2.24) is 9.88 Å². The summed E-state index contributed by atoms with van der Waals surface area (Å²) in [6.07, 6.45) is 0.909. The number of para-hydroxylation sites is 2. The highest BCUT2D eigenvalue weighted by Crippen LogP contribution is 2.33. The summed E-state index contributed by atoms with van der Waals surface area (Å²) in [5.41, 5.74) is 4.11. The maximum atomic E-state index is 13.7. The van der Waals surface area contributed by atoms with Crippen molar-refractivity contribution in [3.8, 4) is 22.8 Å². The van der Waals surface area contributed by atoms with Gasteiger partial charge in [-0.25, -0.2) is 4.98 Å². The van der Waals surface area contributed by atoms with Crippen LogP contribution in [-0.4, -0.2) is 49.1 Å². The number of likely N-dealkylation sites (tertiary alicyclic amines) is 1. The molecule has 0 radical (unpaired) electrons. The maximum Gasteiger partial charge on any atom is 0.254 e. The predicted molar refractivity (Wildman–Crippen MR) is 135 cm³/mol. The molecule has 1 aliphatic heterocycles. The number of benzene rings is 3. The molecule has 1 N–H and O–H groups in total. The first-order chi connectivity index (χ1) is 16.7. The molecule has 4 aromatic rings. The Kier molecular flexibility index (Phi) is 6.04. The second-order valence-corrected chi connectivity index (χ2v) is 8.39. The Hall–Kier alpha value is -4.06. The monoisotopic (exact) mass is 453 g/mol. The van der Waals surface area contributed by atoms with Crippen molar-refractivity contribution in [2.75, 3.05) is 32.6 Å². The van der Waals surface area contributed by atoms with E-state index in [2.05, 4.69) is 17.4 Å². The lowest BCUT2D eigenvalue weighted by Crippen LogP contribution is -2.31. The molecule has 1 aliphatic rings. The standard InChI is InChI=1S/C28H27N3O3/c1-33-26-13-12-19(16-27(26)34-2)25-17-23(22-10-6-7-11-24(22)30-25)28(32)31-15-14-21(18-31)29-20-8-4-3-5-9-20/h3-13,16-17,21,29H,14-15,18H2,1-2H3. The predicted octanol–water partition coefficient (Wildman–Crippen LogP) is 5.25. The van der Waals surface area contributed by atoms with Gasteiger partial charge in [0, 0.05) is 35.8 Å². The van der Waals surface area contributed by atoms with Crippen molar-refractivity contribution < 1.29 is 14.3 Å². The molecule has 1 saturated heterocycles. The number of pyridine rings is 1. The summed E-state index contributed by atoms with van der Waals surface area (Å²) in [6, 6.07) is 25.7. The average molecular weight is 454 g/mol. The molecule has 1 atom stereocenters. The summed E-state index contributed by atoms with van der Waals surface area (Å²) in [4.78, 5) is 20.5. The minimum absolute atomic E-state index is 0.0256. The van der Waals surface area contributed by atoms with E-state index in [0.29, 0.717) is 30.2 Å². The third-order valence-electron chi connectivity index (χ3n) is 6.25. The molecule has 1 unspecified atom stereocenters. The van der Waals surface area contributed by atoms with Crippen LogP contribution in [0.4, 0.5) is 5.69 Å². The Bertz CT molecular complexity index is 1320. The molecule has 172 valence electrons. The molecule has 2 heterocycles. The molecule has 0 spiro atoms. The lowest BCUT2D eigenvalue weighted by molar-refractivity contribution is 0.0793. The normalized spacial score (nSPS) is 15.4. The lowest BCUT2D eigenvalue weighted by Gasteiger charge is -2.19. The van der Waals surface area contributed by atoms with E-state index >= 15 is 0 Å². The van der Waals surface area contributed by atoms with Crippen LogP contribution in [0.5, 0.6) is 11.5 Å².